The van der Waals surface area contributed by atoms with Crippen molar-refractivity contribution >= 4 is 17.8 Å². The number of nitrogens with one attached hydrogen (secondary N) is 1. The predicted octanol–water partition coefficient (Wildman–Crippen LogP) is 1.69. The minimum atomic E-state index is -0.668. The van der Waals surface area contributed by atoms with Crippen LogP contribution in [0.3, 0.4) is 0 Å². The number of hydrogen-bond acceptors (Lipinski definition) is 4. The first-order valence-electron chi connectivity index (χ1n) is 11.1. The summed E-state index contributed by atoms with van der Waals surface area (Å²) < 4.78 is 1.84. The zero-order valence-electron chi connectivity index (χ0n) is 17.8. The quantitative estimate of drug-likeness (QED) is 0.725. The van der Waals surface area contributed by atoms with Gasteiger partial charge in [0.05, 0.1) is 6.54 Å². The van der Waals surface area contributed by atoms with Crippen molar-refractivity contribution in [2.24, 2.45) is 5.92 Å². The number of carbonyl (C=O) groups is 3. The molecule has 2 saturated heterocycles. The minimum Gasteiger partial charge on any atom is -0.342 e. The highest BCUT2D eigenvalue weighted by Gasteiger charge is 2.39. The number of rotatable bonds is 5. The summed E-state index contributed by atoms with van der Waals surface area (Å²) in [7, 11) is 0. The van der Waals surface area contributed by atoms with Gasteiger partial charge in [-0.15, -0.1) is 0 Å². The summed E-state index contributed by atoms with van der Waals surface area (Å²) in [4.78, 5) is 53.2. The molecule has 4 heterocycles. The summed E-state index contributed by atoms with van der Waals surface area (Å²) >= 11 is 0. The summed E-state index contributed by atoms with van der Waals surface area (Å²) in [6, 6.07) is 13.6. The van der Waals surface area contributed by atoms with Gasteiger partial charge in [-0.05, 0) is 30.4 Å². The van der Waals surface area contributed by atoms with Crippen LogP contribution in [0.15, 0.2) is 53.3 Å². The molecule has 3 aliphatic heterocycles. The fourth-order valence-corrected chi connectivity index (χ4v) is 5.21. The van der Waals surface area contributed by atoms with Crippen LogP contribution in [0.2, 0.25) is 0 Å². The van der Waals surface area contributed by atoms with Crippen LogP contribution in [0.5, 0.6) is 0 Å². The number of nitrogens with zero attached hydrogens (tertiary/aromatic N) is 3. The standard InChI is InChI=1S/C24H26N4O4/c29-21(26-12-17-11-18(15-26)20-7-4-8-22(30)27(20)14-17)10-9-19-23(31)28(24(32)25-19)13-16-5-2-1-3-6-16/h1-8,17-19H,9-15H2,(H,25,32)/t17-,18+,19-/m0/s1. The Morgan fingerprint density at radius 2 is 1.78 bits per heavy atom. The predicted molar refractivity (Wildman–Crippen MR) is 117 cm³/mol. The first-order valence-corrected chi connectivity index (χ1v) is 11.1. The van der Waals surface area contributed by atoms with E-state index in [1.165, 1.54) is 4.90 Å². The van der Waals surface area contributed by atoms with Crippen LogP contribution in [0.1, 0.15) is 36.4 Å². The van der Waals surface area contributed by atoms with Gasteiger partial charge in [-0.2, -0.15) is 0 Å². The zero-order chi connectivity index (χ0) is 22.2. The average Bonchev–Trinajstić information content (AvgIpc) is 3.06. The molecule has 2 fully saturated rings. The number of imide groups is 1. The Morgan fingerprint density at radius 3 is 2.59 bits per heavy atom. The molecule has 0 unspecified atom stereocenters. The number of benzene rings is 1. The number of hydrogen-bond donors (Lipinski definition) is 1. The van der Waals surface area contributed by atoms with Gasteiger partial charge in [0.15, 0.2) is 0 Å². The number of pyridine rings is 1. The number of aromatic nitrogens is 1. The summed E-state index contributed by atoms with van der Waals surface area (Å²) in [5, 5.41) is 2.72. The summed E-state index contributed by atoms with van der Waals surface area (Å²) in [5.74, 6) is 0.138. The van der Waals surface area contributed by atoms with E-state index in [0.29, 0.717) is 19.6 Å². The van der Waals surface area contributed by atoms with Gasteiger partial charge in [0.1, 0.15) is 6.04 Å². The normalized spacial score (nSPS) is 24.3. The zero-order valence-corrected chi connectivity index (χ0v) is 17.8. The number of fused-ring (bicyclic) bond motifs is 4. The molecule has 0 saturated carbocycles. The van der Waals surface area contributed by atoms with E-state index in [0.717, 1.165) is 17.7 Å². The molecule has 0 aliphatic carbocycles. The number of carbonyl (C=O) groups excluding carboxylic acids is 3. The number of amides is 4. The van der Waals surface area contributed by atoms with E-state index < -0.39 is 12.1 Å². The van der Waals surface area contributed by atoms with Crippen molar-refractivity contribution in [2.75, 3.05) is 13.1 Å². The Hall–Kier alpha value is -3.42. The van der Waals surface area contributed by atoms with Gasteiger partial charge in [-0.1, -0.05) is 36.4 Å². The topological polar surface area (TPSA) is 91.7 Å². The smallest absolute Gasteiger partial charge is 0.325 e. The van der Waals surface area contributed by atoms with Gasteiger partial charge in [-0.25, -0.2) is 4.79 Å². The lowest BCUT2D eigenvalue weighted by Crippen LogP contribution is -2.49. The van der Waals surface area contributed by atoms with Crippen LogP contribution < -0.4 is 10.9 Å². The Bertz CT molecular complexity index is 1110. The lowest BCUT2D eigenvalue weighted by molar-refractivity contribution is -0.134. The van der Waals surface area contributed by atoms with E-state index in [1.807, 2.05) is 45.9 Å². The van der Waals surface area contributed by atoms with E-state index >= 15 is 0 Å². The summed E-state index contributed by atoms with van der Waals surface area (Å²) in [6.45, 7) is 2.08. The Kier molecular flexibility index (Phi) is 5.28. The van der Waals surface area contributed by atoms with Crippen LogP contribution in [-0.4, -0.2) is 51.3 Å². The second-order valence-corrected chi connectivity index (χ2v) is 8.95. The molecule has 32 heavy (non-hydrogen) atoms. The minimum absolute atomic E-state index is 0.00464. The number of likely N-dealkylation sites (tertiary alicyclic amines) is 1. The lowest BCUT2D eigenvalue weighted by Gasteiger charge is -2.42. The molecule has 8 heteroatoms. The van der Waals surface area contributed by atoms with Crippen molar-refractivity contribution in [2.45, 2.75) is 44.3 Å². The van der Waals surface area contributed by atoms with E-state index in [4.69, 9.17) is 0 Å². The molecule has 0 radical (unpaired) electrons. The SMILES string of the molecule is O=C(CC[C@@H]1NC(=O)N(Cc2ccccc2)C1=O)N1C[C@@H]2C[C@H](C1)c1cccc(=O)n1C2. The maximum absolute atomic E-state index is 12.9. The maximum atomic E-state index is 12.9. The molecule has 5 rings (SSSR count). The van der Waals surface area contributed by atoms with Gasteiger partial charge in [0.25, 0.3) is 11.5 Å². The lowest BCUT2D eigenvalue weighted by atomic mass is 9.83. The van der Waals surface area contributed by atoms with Gasteiger partial charge in [0, 0.05) is 43.7 Å². The molecule has 166 valence electrons. The fourth-order valence-electron chi connectivity index (χ4n) is 5.21. The van der Waals surface area contributed by atoms with Crippen molar-refractivity contribution in [3.05, 3.63) is 70.1 Å². The first kappa shape index (κ1) is 20.5. The van der Waals surface area contributed by atoms with Crippen LogP contribution in [0.4, 0.5) is 4.79 Å². The van der Waals surface area contributed by atoms with Crippen molar-refractivity contribution in [1.29, 1.82) is 0 Å². The molecule has 2 aromatic rings. The van der Waals surface area contributed by atoms with E-state index in [2.05, 4.69) is 5.32 Å². The molecular formula is C24H26N4O4. The maximum Gasteiger partial charge on any atom is 0.325 e. The highest BCUT2D eigenvalue weighted by Crippen LogP contribution is 2.35. The van der Waals surface area contributed by atoms with Crippen molar-refractivity contribution in [3.8, 4) is 0 Å². The van der Waals surface area contributed by atoms with Gasteiger partial charge >= 0.3 is 6.03 Å². The Morgan fingerprint density at radius 1 is 0.969 bits per heavy atom. The first-order chi connectivity index (χ1) is 15.5. The Labute approximate surface area is 185 Å². The second kappa shape index (κ2) is 8.26. The van der Waals surface area contributed by atoms with Crippen molar-refractivity contribution < 1.29 is 14.4 Å². The molecule has 3 aliphatic rings. The summed E-state index contributed by atoms with van der Waals surface area (Å²) in [6.07, 6.45) is 1.48. The molecule has 8 nitrogen and oxygen atoms in total. The molecule has 4 amide bonds. The van der Waals surface area contributed by atoms with Crippen molar-refractivity contribution in [3.63, 3.8) is 0 Å². The van der Waals surface area contributed by atoms with Crippen LogP contribution in [-0.2, 0) is 22.7 Å². The monoisotopic (exact) mass is 434 g/mol. The summed E-state index contributed by atoms with van der Waals surface area (Å²) in [5.41, 5.74) is 1.90. The van der Waals surface area contributed by atoms with E-state index in [1.54, 1.807) is 12.1 Å². The van der Waals surface area contributed by atoms with E-state index in [-0.39, 0.29) is 48.6 Å². The van der Waals surface area contributed by atoms with Crippen LogP contribution >= 0.6 is 0 Å². The third kappa shape index (κ3) is 3.81. The van der Waals surface area contributed by atoms with E-state index in [9.17, 15) is 19.2 Å². The fraction of sp³-hybridized carbons (Fsp3) is 0.417. The van der Waals surface area contributed by atoms with Gasteiger partial charge in [0.2, 0.25) is 5.91 Å². The molecular weight excluding hydrogens is 408 g/mol. The number of piperidine rings is 1. The highest BCUT2D eigenvalue weighted by molar-refractivity contribution is 6.04. The van der Waals surface area contributed by atoms with Gasteiger partial charge < -0.3 is 14.8 Å². The highest BCUT2D eigenvalue weighted by atomic mass is 16.2. The molecule has 3 atom stereocenters. The third-order valence-corrected chi connectivity index (χ3v) is 6.77. The molecule has 1 aromatic carbocycles. The molecule has 1 N–H and O–H groups in total. The largest absolute Gasteiger partial charge is 0.342 e. The third-order valence-electron chi connectivity index (χ3n) is 6.77. The van der Waals surface area contributed by atoms with Crippen LogP contribution in [0, 0.1) is 5.92 Å². The Balaban J connectivity index is 1.19. The van der Waals surface area contributed by atoms with Crippen LogP contribution in [0.25, 0.3) is 0 Å². The second-order valence-electron chi connectivity index (χ2n) is 8.95. The average molecular weight is 434 g/mol. The molecule has 1 aromatic heterocycles. The molecule has 0 spiro atoms. The van der Waals surface area contributed by atoms with Gasteiger partial charge in [-0.3, -0.25) is 19.3 Å². The van der Waals surface area contributed by atoms with Crippen molar-refractivity contribution in [1.82, 2.24) is 19.7 Å². The molecule has 2 bridgehead atoms. The number of urea groups is 1.